The van der Waals surface area contributed by atoms with Crippen molar-refractivity contribution < 1.29 is 14.8 Å². The highest BCUT2D eigenvalue weighted by Gasteiger charge is 2.34. The van der Waals surface area contributed by atoms with Gasteiger partial charge < -0.3 is 15.7 Å². The van der Waals surface area contributed by atoms with Crippen molar-refractivity contribution in [3.05, 3.63) is 33.9 Å². The zero-order chi connectivity index (χ0) is 14.2. The van der Waals surface area contributed by atoms with Crippen LogP contribution in [0.1, 0.15) is 23.7 Å². The number of β-amino-alcohol motifs (C(OH)–C–C–N with tert-alkyl or cyclic N) is 1. The number of carbonyl (C=O) groups is 1. The van der Waals surface area contributed by atoms with Gasteiger partial charge in [0.05, 0.1) is 10.5 Å². The van der Waals surface area contributed by atoms with Crippen LogP contribution < -0.4 is 10.6 Å². The van der Waals surface area contributed by atoms with Gasteiger partial charge in [0.1, 0.15) is 5.69 Å². The maximum atomic E-state index is 11.1. The summed E-state index contributed by atoms with van der Waals surface area (Å²) in [6, 6.07) is 4.13. The zero-order valence-electron chi connectivity index (χ0n) is 10.5. The molecule has 102 valence electrons. The van der Waals surface area contributed by atoms with Gasteiger partial charge in [0, 0.05) is 24.7 Å². The lowest BCUT2D eigenvalue weighted by molar-refractivity contribution is -0.384. The van der Waals surface area contributed by atoms with E-state index in [0.29, 0.717) is 25.2 Å². The molecule has 1 fully saturated rings. The molecule has 1 atom stereocenters. The van der Waals surface area contributed by atoms with Gasteiger partial charge in [-0.3, -0.25) is 14.9 Å². The molecule has 2 rings (SSSR count). The average molecular weight is 265 g/mol. The number of primary amides is 1. The van der Waals surface area contributed by atoms with E-state index in [2.05, 4.69) is 0 Å². The van der Waals surface area contributed by atoms with Crippen LogP contribution in [0.5, 0.6) is 0 Å². The Morgan fingerprint density at radius 1 is 1.58 bits per heavy atom. The lowest BCUT2D eigenvalue weighted by atomic mass is 10.1. The van der Waals surface area contributed by atoms with Crippen LogP contribution in [0, 0.1) is 10.1 Å². The molecule has 0 saturated carbocycles. The summed E-state index contributed by atoms with van der Waals surface area (Å²) < 4.78 is 0. The third kappa shape index (κ3) is 2.65. The highest BCUT2D eigenvalue weighted by atomic mass is 16.6. The van der Waals surface area contributed by atoms with Crippen LogP contribution in [-0.2, 0) is 0 Å². The van der Waals surface area contributed by atoms with Crippen molar-refractivity contribution >= 4 is 17.3 Å². The Hall–Kier alpha value is -2.15. The van der Waals surface area contributed by atoms with E-state index >= 15 is 0 Å². The second kappa shape index (κ2) is 4.51. The number of nitrogens with two attached hydrogens (primary N) is 1. The molecule has 0 bridgehead atoms. The molecule has 1 aromatic rings. The van der Waals surface area contributed by atoms with Crippen molar-refractivity contribution in [2.24, 2.45) is 5.73 Å². The summed E-state index contributed by atoms with van der Waals surface area (Å²) in [5.74, 6) is -0.705. The molecule has 7 heteroatoms. The summed E-state index contributed by atoms with van der Waals surface area (Å²) in [4.78, 5) is 23.3. The fourth-order valence-electron chi connectivity index (χ4n) is 2.24. The number of benzene rings is 1. The molecular weight excluding hydrogens is 250 g/mol. The van der Waals surface area contributed by atoms with Crippen LogP contribution in [0.15, 0.2) is 18.2 Å². The number of hydrogen-bond donors (Lipinski definition) is 2. The van der Waals surface area contributed by atoms with Crippen LogP contribution in [0.25, 0.3) is 0 Å². The Morgan fingerprint density at radius 2 is 2.26 bits per heavy atom. The highest BCUT2D eigenvalue weighted by molar-refractivity contribution is 5.94. The Kier molecular flexibility index (Phi) is 3.15. The number of hydrogen-bond acceptors (Lipinski definition) is 5. The Bertz CT molecular complexity index is 542. The normalized spacial score (nSPS) is 22.5. The van der Waals surface area contributed by atoms with Crippen molar-refractivity contribution in [2.75, 3.05) is 18.0 Å². The molecule has 1 aliphatic heterocycles. The van der Waals surface area contributed by atoms with E-state index < -0.39 is 16.4 Å². The summed E-state index contributed by atoms with van der Waals surface area (Å²) in [6.45, 7) is 2.55. The number of nitro groups is 1. The van der Waals surface area contributed by atoms with E-state index in [4.69, 9.17) is 5.73 Å². The molecule has 1 amide bonds. The lowest BCUT2D eigenvalue weighted by Gasteiger charge is -2.20. The molecule has 19 heavy (non-hydrogen) atoms. The molecule has 1 aromatic carbocycles. The van der Waals surface area contributed by atoms with E-state index in [1.165, 1.54) is 18.2 Å². The Morgan fingerprint density at radius 3 is 2.74 bits per heavy atom. The number of carbonyl (C=O) groups excluding carboxylic acids is 1. The largest absolute Gasteiger partial charge is 0.388 e. The Labute approximate surface area is 109 Å². The summed E-state index contributed by atoms with van der Waals surface area (Å²) in [7, 11) is 0. The number of aliphatic hydroxyl groups is 1. The van der Waals surface area contributed by atoms with Crippen molar-refractivity contribution in [1.82, 2.24) is 0 Å². The van der Waals surface area contributed by atoms with E-state index in [-0.39, 0.29) is 11.3 Å². The van der Waals surface area contributed by atoms with E-state index in [9.17, 15) is 20.0 Å². The van der Waals surface area contributed by atoms with Crippen LogP contribution in [0.3, 0.4) is 0 Å². The zero-order valence-corrected chi connectivity index (χ0v) is 10.5. The SMILES string of the molecule is CC1(O)CCN(c2ccc(C(N)=O)cc2[N+](=O)[O-])C1. The van der Waals surface area contributed by atoms with Crippen molar-refractivity contribution in [2.45, 2.75) is 18.9 Å². The summed E-state index contributed by atoms with van der Waals surface area (Å²) >= 11 is 0. The third-order valence-electron chi connectivity index (χ3n) is 3.25. The van der Waals surface area contributed by atoms with Gasteiger partial charge in [-0.05, 0) is 25.5 Å². The minimum atomic E-state index is -0.851. The van der Waals surface area contributed by atoms with Crippen molar-refractivity contribution in [3.8, 4) is 0 Å². The maximum Gasteiger partial charge on any atom is 0.293 e. The first-order valence-electron chi connectivity index (χ1n) is 5.86. The number of nitro benzene ring substituents is 1. The maximum absolute atomic E-state index is 11.1. The molecule has 0 radical (unpaired) electrons. The van der Waals surface area contributed by atoms with Gasteiger partial charge >= 0.3 is 0 Å². The second-order valence-electron chi connectivity index (χ2n) is 4.99. The predicted octanol–water partition coefficient (Wildman–Crippen LogP) is 0.655. The van der Waals surface area contributed by atoms with Gasteiger partial charge in [-0.2, -0.15) is 0 Å². The quantitative estimate of drug-likeness (QED) is 0.616. The number of nitrogens with zero attached hydrogens (tertiary/aromatic N) is 2. The smallest absolute Gasteiger partial charge is 0.293 e. The molecule has 7 nitrogen and oxygen atoms in total. The average Bonchev–Trinajstić information content (AvgIpc) is 2.68. The van der Waals surface area contributed by atoms with E-state index in [1.807, 2.05) is 0 Å². The minimum absolute atomic E-state index is 0.0985. The molecule has 1 unspecified atom stereocenters. The molecule has 3 N–H and O–H groups in total. The number of amides is 1. The molecular formula is C12H15N3O4. The van der Waals surface area contributed by atoms with Crippen LogP contribution in [-0.4, -0.2) is 34.6 Å². The van der Waals surface area contributed by atoms with Crippen LogP contribution >= 0.6 is 0 Å². The van der Waals surface area contributed by atoms with Gasteiger partial charge in [-0.1, -0.05) is 0 Å². The molecule has 0 aromatic heterocycles. The fraction of sp³-hybridized carbons (Fsp3) is 0.417. The van der Waals surface area contributed by atoms with Crippen LogP contribution in [0.4, 0.5) is 11.4 Å². The Balaban J connectivity index is 2.41. The first kappa shape index (κ1) is 13.3. The minimum Gasteiger partial charge on any atom is -0.388 e. The molecule has 1 saturated heterocycles. The monoisotopic (exact) mass is 265 g/mol. The topological polar surface area (TPSA) is 110 Å². The van der Waals surface area contributed by atoms with Crippen molar-refractivity contribution in [1.29, 1.82) is 0 Å². The fourth-order valence-corrected chi connectivity index (χ4v) is 2.24. The summed E-state index contributed by atoms with van der Waals surface area (Å²) in [5.41, 5.74) is 4.59. The highest BCUT2D eigenvalue weighted by Crippen LogP contribution is 2.34. The standard InChI is InChI=1S/C12H15N3O4/c1-12(17)4-5-14(7-12)9-3-2-8(11(13)16)6-10(9)15(18)19/h2-3,6,17H,4-5,7H2,1H3,(H2,13,16). The first-order chi connectivity index (χ1) is 8.80. The van der Waals surface area contributed by atoms with Gasteiger partial charge in [0.2, 0.25) is 5.91 Å². The molecule has 0 aliphatic carbocycles. The summed E-state index contributed by atoms with van der Waals surface area (Å²) in [6.07, 6.45) is 0.543. The van der Waals surface area contributed by atoms with Gasteiger partial charge in [-0.15, -0.1) is 0 Å². The van der Waals surface area contributed by atoms with E-state index in [1.54, 1.807) is 11.8 Å². The first-order valence-corrected chi connectivity index (χ1v) is 5.86. The molecule has 1 aliphatic rings. The molecule has 0 spiro atoms. The number of rotatable bonds is 3. The third-order valence-corrected chi connectivity index (χ3v) is 3.25. The van der Waals surface area contributed by atoms with Crippen LogP contribution in [0.2, 0.25) is 0 Å². The predicted molar refractivity (Wildman–Crippen MR) is 69.1 cm³/mol. The summed E-state index contributed by atoms with van der Waals surface area (Å²) in [5, 5.41) is 21.0. The number of anilines is 1. The van der Waals surface area contributed by atoms with E-state index in [0.717, 1.165) is 0 Å². The van der Waals surface area contributed by atoms with Gasteiger partial charge in [-0.25, -0.2) is 0 Å². The lowest BCUT2D eigenvalue weighted by Crippen LogP contribution is -2.30. The van der Waals surface area contributed by atoms with Gasteiger partial charge in [0.15, 0.2) is 0 Å². The van der Waals surface area contributed by atoms with Gasteiger partial charge in [0.25, 0.3) is 5.69 Å². The molecule has 1 heterocycles. The van der Waals surface area contributed by atoms with Crippen molar-refractivity contribution in [3.63, 3.8) is 0 Å². The second-order valence-corrected chi connectivity index (χ2v) is 4.99.